The molecule has 1 aromatic rings. The molecule has 0 amide bonds. The fourth-order valence-electron chi connectivity index (χ4n) is 0.911. The molecule has 0 atom stereocenters. The van der Waals surface area contributed by atoms with Crippen LogP contribution in [0, 0.1) is 0 Å². The third-order valence-corrected chi connectivity index (χ3v) is 2.29. The van der Waals surface area contributed by atoms with Crippen LogP contribution in [-0.2, 0) is 11.0 Å². The quantitative estimate of drug-likeness (QED) is 0.628. The lowest BCUT2D eigenvalue weighted by Crippen LogP contribution is -2.17. The Balaban J connectivity index is 2.50. The SMILES string of the molecule is O=P([O-])([O-])CCc1ccccc1. The summed E-state index contributed by atoms with van der Waals surface area (Å²) < 4.78 is 10.3. The van der Waals surface area contributed by atoms with E-state index in [1.54, 1.807) is 12.1 Å². The second-order valence-corrected chi connectivity index (χ2v) is 4.24. The molecule has 1 rings (SSSR count). The summed E-state index contributed by atoms with van der Waals surface area (Å²) in [6.45, 7) is 0. The van der Waals surface area contributed by atoms with Crippen molar-refractivity contribution in [2.24, 2.45) is 0 Å². The van der Waals surface area contributed by atoms with E-state index < -0.39 is 7.60 Å². The van der Waals surface area contributed by atoms with Crippen molar-refractivity contribution in [3.05, 3.63) is 35.9 Å². The van der Waals surface area contributed by atoms with Gasteiger partial charge in [0, 0.05) is 0 Å². The van der Waals surface area contributed by atoms with Crippen LogP contribution in [-0.4, -0.2) is 6.16 Å². The molecule has 0 saturated heterocycles. The van der Waals surface area contributed by atoms with Gasteiger partial charge in [0.15, 0.2) is 0 Å². The highest BCUT2D eigenvalue weighted by Crippen LogP contribution is 2.23. The second-order valence-electron chi connectivity index (χ2n) is 2.57. The first-order valence-corrected chi connectivity index (χ1v) is 5.36. The smallest absolute Gasteiger partial charge is 0.0210 e. The van der Waals surface area contributed by atoms with E-state index in [1.165, 1.54) is 0 Å². The Labute approximate surface area is 71.2 Å². The van der Waals surface area contributed by atoms with Gasteiger partial charge in [-0.3, -0.25) is 0 Å². The number of rotatable bonds is 3. The van der Waals surface area contributed by atoms with E-state index in [0.29, 0.717) is 6.42 Å². The van der Waals surface area contributed by atoms with Crippen LogP contribution in [0.25, 0.3) is 0 Å². The number of aryl methyl sites for hydroxylation is 1. The maximum absolute atomic E-state index is 10.3. The van der Waals surface area contributed by atoms with Gasteiger partial charge in [-0.05, 0) is 18.1 Å². The zero-order valence-electron chi connectivity index (χ0n) is 6.47. The van der Waals surface area contributed by atoms with E-state index >= 15 is 0 Å². The Morgan fingerprint density at radius 3 is 2.25 bits per heavy atom. The molecule has 0 N–H and O–H groups in total. The van der Waals surface area contributed by atoms with Crippen LogP contribution in [0.2, 0.25) is 0 Å². The Morgan fingerprint density at radius 1 is 1.17 bits per heavy atom. The normalized spacial score (nSPS) is 11.5. The minimum Gasteiger partial charge on any atom is -0.811 e. The molecule has 0 aliphatic carbocycles. The summed E-state index contributed by atoms with van der Waals surface area (Å²) in [6, 6.07) is 9.08. The highest BCUT2D eigenvalue weighted by atomic mass is 31.2. The second kappa shape index (κ2) is 3.85. The van der Waals surface area contributed by atoms with Crippen molar-refractivity contribution >= 4 is 7.60 Å². The molecule has 0 aliphatic rings. The predicted octanol–water partition coefficient (Wildman–Crippen LogP) is 0.143. The number of hydrogen-bond acceptors (Lipinski definition) is 3. The van der Waals surface area contributed by atoms with Gasteiger partial charge in [-0.2, -0.15) is 0 Å². The molecule has 4 heteroatoms. The molecule has 0 aromatic heterocycles. The van der Waals surface area contributed by atoms with Gasteiger partial charge in [0.25, 0.3) is 0 Å². The fourth-order valence-corrected chi connectivity index (χ4v) is 1.44. The van der Waals surface area contributed by atoms with E-state index in [9.17, 15) is 14.4 Å². The molecule has 12 heavy (non-hydrogen) atoms. The third kappa shape index (κ3) is 3.67. The first-order valence-electron chi connectivity index (χ1n) is 3.63. The van der Waals surface area contributed by atoms with E-state index in [4.69, 9.17) is 0 Å². The van der Waals surface area contributed by atoms with Crippen LogP contribution in [0.5, 0.6) is 0 Å². The van der Waals surface area contributed by atoms with Gasteiger partial charge in [0.1, 0.15) is 0 Å². The van der Waals surface area contributed by atoms with Crippen molar-refractivity contribution in [2.75, 3.05) is 6.16 Å². The Bertz CT molecular complexity index is 278. The number of benzene rings is 1. The molecule has 0 aliphatic heterocycles. The van der Waals surface area contributed by atoms with Crippen LogP contribution in [0.1, 0.15) is 5.56 Å². The van der Waals surface area contributed by atoms with Crippen molar-refractivity contribution in [2.45, 2.75) is 6.42 Å². The molecular formula is C8H9O3P-2. The summed E-state index contributed by atoms with van der Waals surface area (Å²) in [5, 5.41) is 0. The van der Waals surface area contributed by atoms with Gasteiger partial charge >= 0.3 is 0 Å². The van der Waals surface area contributed by atoms with E-state index in [1.807, 2.05) is 18.2 Å². The minimum atomic E-state index is -4.33. The lowest BCUT2D eigenvalue weighted by molar-refractivity contribution is -0.313. The molecule has 0 unspecified atom stereocenters. The van der Waals surface area contributed by atoms with Crippen LogP contribution in [0.4, 0.5) is 0 Å². The third-order valence-electron chi connectivity index (χ3n) is 1.52. The van der Waals surface area contributed by atoms with Crippen LogP contribution >= 0.6 is 7.60 Å². The molecule has 0 radical (unpaired) electrons. The van der Waals surface area contributed by atoms with Gasteiger partial charge in [0.05, 0.1) is 0 Å². The number of hydrogen-bond donors (Lipinski definition) is 0. The molecule has 0 spiro atoms. The summed E-state index contributed by atoms with van der Waals surface area (Å²) in [4.78, 5) is 20.6. The lowest BCUT2D eigenvalue weighted by atomic mass is 10.2. The monoisotopic (exact) mass is 184 g/mol. The standard InChI is InChI=1S/C8H11O3P/c9-12(10,11)7-6-8-4-2-1-3-5-8/h1-5H,6-7H2,(H2,9,10,11)/p-2. The van der Waals surface area contributed by atoms with Crippen molar-refractivity contribution in [1.82, 2.24) is 0 Å². The predicted molar refractivity (Wildman–Crippen MR) is 42.6 cm³/mol. The minimum absolute atomic E-state index is 0.295. The molecule has 0 saturated carbocycles. The highest BCUT2D eigenvalue weighted by Gasteiger charge is 1.93. The van der Waals surface area contributed by atoms with E-state index in [0.717, 1.165) is 5.56 Å². The lowest BCUT2D eigenvalue weighted by Gasteiger charge is -2.29. The summed E-state index contributed by atoms with van der Waals surface area (Å²) in [7, 11) is -4.33. The fraction of sp³-hybridized carbons (Fsp3) is 0.250. The molecule has 0 bridgehead atoms. The Morgan fingerprint density at radius 2 is 1.75 bits per heavy atom. The molecule has 1 aromatic carbocycles. The largest absolute Gasteiger partial charge is 0.811 e. The van der Waals surface area contributed by atoms with Crippen molar-refractivity contribution < 1.29 is 14.4 Å². The van der Waals surface area contributed by atoms with Crippen LogP contribution < -0.4 is 9.79 Å². The maximum atomic E-state index is 10.3. The first kappa shape index (κ1) is 9.46. The van der Waals surface area contributed by atoms with Gasteiger partial charge in [-0.25, -0.2) is 0 Å². The van der Waals surface area contributed by atoms with Crippen LogP contribution in [0.15, 0.2) is 30.3 Å². The molecule has 3 nitrogen and oxygen atoms in total. The average molecular weight is 184 g/mol. The summed E-state index contributed by atoms with van der Waals surface area (Å²) in [5.74, 6) is 0. The van der Waals surface area contributed by atoms with E-state index in [2.05, 4.69) is 0 Å². The highest BCUT2D eigenvalue weighted by molar-refractivity contribution is 7.48. The van der Waals surface area contributed by atoms with Gasteiger partial charge < -0.3 is 14.4 Å². The van der Waals surface area contributed by atoms with Gasteiger partial charge in [-0.1, -0.05) is 37.9 Å². The molecular weight excluding hydrogens is 175 g/mol. The van der Waals surface area contributed by atoms with Crippen molar-refractivity contribution in [1.29, 1.82) is 0 Å². The topological polar surface area (TPSA) is 63.2 Å². The summed E-state index contributed by atoms with van der Waals surface area (Å²) >= 11 is 0. The average Bonchev–Trinajstić information content (AvgIpc) is 2.02. The zero-order valence-corrected chi connectivity index (χ0v) is 7.37. The molecule has 0 fully saturated rings. The van der Waals surface area contributed by atoms with Crippen molar-refractivity contribution in [3.63, 3.8) is 0 Å². The Hall–Kier alpha value is -0.630. The van der Waals surface area contributed by atoms with E-state index in [-0.39, 0.29) is 6.16 Å². The molecule has 0 heterocycles. The van der Waals surface area contributed by atoms with Crippen LogP contribution in [0.3, 0.4) is 0 Å². The summed E-state index contributed by atoms with van der Waals surface area (Å²) in [5.41, 5.74) is 0.879. The van der Waals surface area contributed by atoms with Crippen molar-refractivity contribution in [3.8, 4) is 0 Å². The zero-order chi connectivity index (χ0) is 9.03. The van der Waals surface area contributed by atoms with Gasteiger partial charge in [0.2, 0.25) is 0 Å². The summed E-state index contributed by atoms with van der Waals surface area (Å²) in [6.07, 6.45) is 0.0160. The molecule has 66 valence electrons. The Kier molecular flexibility index (Phi) is 3.04. The first-order chi connectivity index (χ1) is 5.58. The maximum Gasteiger partial charge on any atom is -0.0210 e. The van der Waals surface area contributed by atoms with Gasteiger partial charge in [-0.15, -0.1) is 0 Å².